The van der Waals surface area contributed by atoms with E-state index < -0.39 is 0 Å². The molecule has 8 aromatic rings. The van der Waals surface area contributed by atoms with E-state index in [9.17, 15) is 4.79 Å². The molecule has 66 heavy (non-hydrogen) atoms. The zero-order chi connectivity index (χ0) is 45.9. The zero-order valence-electron chi connectivity index (χ0n) is 37.3. The second kappa shape index (κ2) is 16.3. The molecule has 0 atom stereocenters. The highest BCUT2D eigenvalue weighted by Crippen LogP contribution is 2.47. The molecule has 1 N–H and O–H groups in total. The van der Waals surface area contributed by atoms with E-state index in [1.807, 2.05) is 62.4 Å². The largest absolute Gasteiger partial charge is 0.351 e. The predicted molar refractivity (Wildman–Crippen MR) is 259 cm³/mol. The standard InChI is InChI=1S/C24H23Cl2N7O.C23H23Cl2N7/c1-12-4-7-17-19(13(2)29-33(17)11-34)18(12)23-27-16-8-9-32(10-15(16)22(26)28-23)24-20(25)21(14-5-6-14)30-31(24)3;1-11-4-7-16-18(12(2)28-29-16)17(11)22-26-15-8-9-32(10-14(15)21(25)27-22)23-19(24)20(13-5-6-13)30-31(23)3/h4,7,11,14H,5-6,8-10H2,1-3H3;4,7,13H,5-6,8-10H2,1-3H3,(H,28,29). The number of rotatable bonds is 7. The van der Waals surface area contributed by atoms with Gasteiger partial charge >= 0.3 is 0 Å². The Morgan fingerprint density at radius 3 is 1.65 bits per heavy atom. The van der Waals surface area contributed by atoms with Crippen molar-refractivity contribution in [1.82, 2.24) is 59.5 Å². The van der Waals surface area contributed by atoms with Gasteiger partial charge in [0, 0.05) is 104 Å². The van der Waals surface area contributed by atoms with Gasteiger partial charge in [0.25, 0.3) is 0 Å². The molecule has 0 saturated heterocycles. The molecule has 2 aliphatic carbocycles. The predicted octanol–water partition coefficient (Wildman–Crippen LogP) is 9.75. The summed E-state index contributed by atoms with van der Waals surface area (Å²) >= 11 is 27.0. The number of anilines is 2. The summed E-state index contributed by atoms with van der Waals surface area (Å²) in [4.78, 5) is 35.3. The van der Waals surface area contributed by atoms with Gasteiger partial charge in [-0.2, -0.15) is 20.4 Å². The van der Waals surface area contributed by atoms with Crippen LogP contribution in [0, 0.1) is 27.7 Å². The molecule has 2 fully saturated rings. The van der Waals surface area contributed by atoms with Gasteiger partial charge in [0.15, 0.2) is 11.6 Å². The molecule has 338 valence electrons. The van der Waals surface area contributed by atoms with Crippen LogP contribution in [0.3, 0.4) is 0 Å². The summed E-state index contributed by atoms with van der Waals surface area (Å²) in [6.45, 7) is 10.7. The third-order valence-electron chi connectivity index (χ3n) is 13.4. The second-order valence-electron chi connectivity index (χ2n) is 18.0. The van der Waals surface area contributed by atoms with Crippen molar-refractivity contribution < 1.29 is 4.79 Å². The number of aryl methyl sites for hydroxylation is 6. The first-order chi connectivity index (χ1) is 31.8. The van der Waals surface area contributed by atoms with E-state index in [1.165, 1.54) is 17.5 Å². The Balaban J connectivity index is 0.000000146. The first kappa shape index (κ1) is 43.0. The number of hydrogen-bond acceptors (Lipinski definition) is 11. The Hall–Kier alpha value is -5.61. The van der Waals surface area contributed by atoms with Crippen LogP contribution in [0.15, 0.2) is 24.3 Å². The van der Waals surface area contributed by atoms with Crippen LogP contribution in [0.1, 0.15) is 93.9 Å². The summed E-state index contributed by atoms with van der Waals surface area (Å²) in [7, 11) is 3.90. The Morgan fingerprint density at radius 1 is 0.652 bits per heavy atom. The van der Waals surface area contributed by atoms with Gasteiger partial charge in [-0.25, -0.2) is 24.6 Å². The average molecular weight is 965 g/mol. The third-order valence-corrected chi connectivity index (χ3v) is 14.8. The lowest BCUT2D eigenvalue weighted by molar-refractivity contribution is 0.542. The van der Waals surface area contributed by atoms with Crippen molar-refractivity contribution in [3.8, 4) is 22.8 Å². The molecule has 12 rings (SSSR count). The van der Waals surface area contributed by atoms with Crippen LogP contribution in [0.2, 0.25) is 20.4 Å². The molecule has 6 aromatic heterocycles. The zero-order valence-corrected chi connectivity index (χ0v) is 40.4. The molecule has 0 amide bonds. The maximum Gasteiger partial charge on any atom is 0.234 e. The molecule has 0 bridgehead atoms. The molecule has 19 heteroatoms. The van der Waals surface area contributed by atoms with Crippen molar-refractivity contribution in [1.29, 1.82) is 0 Å². The lowest BCUT2D eigenvalue weighted by atomic mass is 10.0. The van der Waals surface area contributed by atoms with Crippen LogP contribution in [-0.2, 0) is 44.8 Å². The topological polar surface area (TPSA) is 157 Å². The highest BCUT2D eigenvalue weighted by Gasteiger charge is 2.35. The van der Waals surface area contributed by atoms with Crippen molar-refractivity contribution in [3.05, 3.63) is 101 Å². The SMILES string of the molecule is Cc1ccc2c(c(C)nn2C=O)c1-c1nc(Cl)c2c(n1)CCN(c1c(Cl)c(C3CC3)nn1C)C2.Cc1ccc2n[nH]c(C)c2c1-c1nc(Cl)c2c(n1)CCN(c1c(Cl)c(C3CC3)nn1C)C2. The molecular weight excluding hydrogens is 918 g/mol. The third kappa shape index (κ3) is 7.20. The number of hydrogen-bond donors (Lipinski definition) is 1. The summed E-state index contributed by atoms with van der Waals surface area (Å²) in [5.74, 6) is 4.08. The molecule has 0 spiro atoms. The number of nitrogens with one attached hydrogen (secondary N) is 1. The number of H-pyrrole nitrogens is 1. The van der Waals surface area contributed by atoms with Gasteiger partial charge in [-0.3, -0.25) is 19.3 Å². The fourth-order valence-corrected chi connectivity index (χ4v) is 11.2. The molecule has 2 saturated carbocycles. The summed E-state index contributed by atoms with van der Waals surface area (Å²) in [5, 5.41) is 25.6. The molecule has 2 aliphatic heterocycles. The van der Waals surface area contributed by atoms with Crippen molar-refractivity contribution in [2.45, 2.75) is 91.1 Å². The molecule has 8 heterocycles. The maximum absolute atomic E-state index is 11.5. The molecule has 0 unspecified atom stereocenters. The number of aromatic nitrogens is 12. The highest BCUT2D eigenvalue weighted by molar-refractivity contribution is 6.34. The van der Waals surface area contributed by atoms with Crippen LogP contribution in [0.5, 0.6) is 0 Å². The fraction of sp³-hybridized carbons (Fsp3) is 0.383. The normalized spacial score (nSPS) is 15.9. The Labute approximate surface area is 400 Å². The number of nitrogens with zero attached hydrogens (tertiary/aromatic N) is 13. The van der Waals surface area contributed by atoms with Crippen molar-refractivity contribution in [2.75, 3.05) is 22.9 Å². The van der Waals surface area contributed by atoms with E-state index in [-0.39, 0.29) is 0 Å². The van der Waals surface area contributed by atoms with Gasteiger partial charge in [0.1, 0.15) is 32.0 Å². The first-order valence-corrected chi connectivity index (χ1v) is 23.7. The maximum atomic E-state index is 11.5. The fourth-order valence-electron chi connectivity index (χ4n) is 9.82. The minimum atomic E-state index is 0.433. The first-order valence-electron chi connectivity index (χ1n) is 22.2. The molecular formula is C47H46Cl4N14O. The highest BCUT2D eigenvalue weighted by atomic mass is 35.5. The van der Waals surface area contributed by atoms with Crippen LogP contribution in [0.25, 0.3) is 44.6 Å². The number of halogens is 4. The number of aromatic amines is 1. The van der Waals surface area contributed by atoms with Gasteiger partial charge in [0.2, 0.25) is 6.41 Å². The number of carbonyl (C=O) groups is 1. The lowest BCUT2D eigenvalue weighted by Crippen LogP contribution is -2.33. The summed E-state index contributed by atoms with van der Waals surface area (Å²) in [6, 6.07) is 7.93. The van der Waals surface area contributed by atoms with E-state index >= 15 is 0 Å². The number of carbonyl (C=O) groups excluding carboxylic acids is 1. The van der Waals surface area contributed by atoms with Crippen molar-refractivity contribution >= 4 is 86.3 Å². The second-order valence-corrected chi connectivity index (χ2v) is 19.5. The number of benzene rings is 2. The van der Waals surface area contributed by atoms with Crippen molar-refractivity contribution in [2.24, 2.45) is 14.1 Å². The Kier molecular flexibility index (Phi) is 10.6. The van der Waals surface area contributed by atoms with E-state index in [2.05, 4.69) is 43.2 Å². The van der Waals surface area contributed by atoms with Gasteiger partial charge in [-0.1, -0.05) is 58.5 Å². The van der Waals surface area contributed by atoms with E-state index in [1.54, 1.807) is 0 Å². The summed E-state index contributed by atoms with van der Waals surface area (Å²) in [6.07, 6.45) is 6.84. The van der Waals surface area contributed by atoms with Gasteiger partial charge in [-0.15, -0.1) is 0 Å². The van der Waals surface area contributed by atoms with Crippen molar-refractivity contribution in [3.63, 3.8) is 0 Å². The Morgan fingerprint density at radius 2 is 1.15 bits per heavy atom. The van der Waals surface area contributed by atoms with Crippen LogP contribution in [-0.4, -0.2) is 79.0 Å². The summed E-state index contributed by atoms with van der Waals surface area (Å²) in [5.41, 5.74) is 13.2. The molecule has 0 radical (unpaired) electrons. The van der Waals surface area contributed by atoms with Crippen LogP contribution < -0.4 is 9.80 Å². The lowest BCUT2D eigenvalue weighted by Gasteiger charge is -2.30. The van der Waals surface area contributed by atoms with Gasteiger partial charge < -0.3 is 9.80 Å². The molecule has 4 aliphatic rings. The average Bonchev–Trinajstić information content (AvgIpc) is 4.22. The van der Waals surface area contributed by atoms with Crippen LogP contribution in [0.4, 0.5) is 11.6 Å². The minimum Gasteiger partial charge on any atom is -0.351 e. The van der Waals surface area contributed by atoms with Crippen LogP contribution >= 0.6 is 46.4 Å². The van der Waals surface area contributed by atoms with E-state index in [0.29, 0.717) is 59.7 Å². The number of fused-ring (bicyclic) bond motifs is 4. The summed E-state index contributed by atoms with van der Waals surface area (Å²) < 4.78 is 5.12. The molecule has 2 aromatic carbocycles. The molecule has 15 nitrogen and oxygen atoms in total. The van der Waals surface area contributed by atoms with Gasteiger partial charge in [0.05, 0.1) is 39.5 Å². The van der Waals surface area contributed by atoms with Gasteiger partial charge in [-0.05, 0) is 76.6 Å². The Bertz CT molecular complexity index is 3300. The minimum absolute atomic E-state index is 0.433. The monoisotopic (exact) mass is 962 g/mol. The van der Waals surface area contributed by atoms with E-state index in [0.717, 1.165) is 143 Å². The quantitative estimate of drug-likeness (QED) is 0.120. The van der Waals surface area contributed by atoms with E-state index in [4.69, 9.17) is 71.4 Å². The smallest absolute Gasteiger partial charge is 0.234 e.